The van der Waals surface area contributed by atoms with Crippen molar-refractivity contribution in [3.63, 3.8) is 0 Å². The zero-order chi connectivity index (χ0) is 36.6. The normalized spacial score (nSPS) is 12.1. The second-order valence-electron chi connectivity index (χ2n) is 14.5. The molecule has 1 aliphatic rings. The van der Waals surface area contributed by atoms with Gasteiger partial charge < -0.3 is 9.13 Å². The summed E-state index contributed by atoms with van der Waals surface area (Å²) in [7, 11) is 0. The molecule has 55 heavy (non-hydrogen) atoms. The molecule has 3 aromatic heterocycles. The van der Waals surface area contributed by atoms with Crippen LogP contribution in [0.4, 0.5) is 0 Å². The van der Waals surface area contributed by atoms with Gasteiger partial charge in [0, 0.05) is 50.6 Å². The summed E-state index contributed by atoms with van der Waals surface area (Å²) in [5.74, 6) is 0.0285. The van der Waals surface area contributed by atoms with E-state index in [1.54, 1.807) is 11.5 Å². The highest BCUT2D eigenvalue weighted by atomic mass is 16.1. The van der Waals surface area contributed by atoms with E-state index in [4.69, 9.17) is 0 Å². The Morgan fingerprint density at radius 2 is 0.782 bits per heavy atom. The summed E-state index contributed by atoms with van der Waals surface area (Å²) in [6, 6.07) is 64.6. The number of aromatic nitrogens is 3. The molecule has 0 N–H and O–H groups in total. The Balaban J connectivity index is 0.000000129. The molecule has 0 spiro atoms. The van der Waals surface area contributed by atoms with Crippen molar-refractivity contribution in [3.8, 4) is 22.5 Å². The molecule has 8 aromatic carbocycles. The molecular formula is C51H35N3O. The number of hydrogen-bond acceptors (Lipinski definition) is 1. The van der Waals surface area contributed by atoms with Crippen molar-refractivity contribution in [2.75, 3.05) is 0 Å². The Labute approximate surface area is 317 Å². The summed E-state index contributed by atoms with van der Waals surface area (Å²) in [5, 5.41) is 7.30. The first-order chi connectivity index (χ1) is 27.1. The number of fused-ring (bicyclic) bond motifs is 12. The van der Waals surface area contributed by atoms with Crippen LogP contribution in [-0.4, -0.2) is 19.6 Å². The average molecular weight is 706 g/mol. The summed E-state index contributed by atoms with van der Waals surface area (Å²) in [4.78, 5) is 12.4. The van der Waals surface area contributed by atoms with Gasteiger partial charge in [-0.05, 0) is 89.3 Å². The Hall–Kier alpha value is -7.17. The van der Waals surface area contributed by atoms with Gasteiger partial charge in [0.25, 0.3) is 0 Å². The van der Waals surface area contributed by atoms with Crippen molar-refractivity contribution < 1.29 is 4.79 Å². The van der Waals surface area contributed by atoms with Gasteiger partial charge >= 0.3 is 0 Å². The van der Waals surface area contributed by atoms with Gasteiger partial charge in [0.15, 0.2) is 0 Å². The number of rotatable bonds is 2. The van der Waals surface area contributed by atoms with E-state index in [9.17, 15) is 4.79 Å². The number of nitrogens with zero attached hydrogens (tertiary/aromatic N) is 3. The molecule has 4 heteroatoms. The molecule has 1 aliphatic carbocycles. The molecule has 0 fully saturated rings. The molecule has 0 saturated carbocycles. The molecule has 11 aromatic rings. The summed E-state index contributed by atoms with van der Waals surface area (Å²) in [6.45, 7) is 1.62. The van der Waals surface area contributed by atoms with Crippen LogP contribution in [0.15, 0.2) is 182 Å². The number of carbonyl (C=O) groups excluding carboxylic acids is 1. The molecule has 0 atom stereocenters. The predicted octanol–water partition coefficient (Wildman–Crippen LogP) is 12.9. The van der Waals surface area contributed by atoms with Crippen LogP contribution in [0, 0.1) is 0 Å². The minimum Gasteiger partial charge on any atom is -0.309 e. The summed E-state index contributed by atoms with van der Waals surface area (Å²) < 4.78 is 6.51. The molecule has 0 bridgehead atoms. The van der Waals surface area contributed by atoms with Crippen LogP contribution in [0.1, 0.15) is 22.8 Å². The number of hydrogen-bond donors (Lipinski definition) is 0. The standard InChI is InChI=1S/C26H18N2O.C25H17N/c1-17(29)27-23-11-5-4-10-21(23)22-16-18(14-15-26(22)27)28-24-12-6-2-8-19(24)20-9-3-7-13-25(20)28;1-2-8-20-17(7-1)15-18-13-14-19(16-23(18)20)26-24-11-5-3-9-21(24)22-10-4-6-12-25(22)26/h2-16H,1H3;1-14,16H,15H2. The van der Waals surface area contributed by atoms with Gasteiger partial charge in [0.1, 0.15) is 0 Å². The van der Waals surface area contributed by atoms with Gasteiger partial charge in [-0.15, -0.1) is 0 Å². The Kier molecular flexibility index (Phi) is 6.95. The fourth-order valence-electron chi connectivity index (χ4n) is 9.09. The van der Waals surface area contributed by atoms with Crippen LogP contribution in [0.5, 0.6) is 0 Å². The number of benzene rings is 8. The van der Waals surface area contributed by atoms with Crippen LogP contribution in [0.25, 0.3) is 87.9 Å². The van der Waals surface area contributed by atoms with Crippen molar-refractivity contribution in [3.05, 3.63) is 193 Å². The maximum absolute atomic E-state index is 12.4. The molecule has 0 saturated heterocycles. The van der Waals surface area contributed by atoms with Crippen molar-refractivity contribution >= 4 is 71.3 Å². The molecule has 4 nitrogen and oxygen atoms in total. The fraction of sp³-hybridized carbons (Fsp3) is 0.0392. The maximum atomic E-state index is 12.4. The van der Waals surface area contributed by atoms with Gasteiger partial charge in [-0.1, -0.05) is 121 Å². The fourth-order valence-corrected chi connectivity index (χ4v) is 9.09. The lowest BCUT2D eigenvalue weighted by atomic mass is 10.1. The van der Waals surface area contributed by atoms with Crippen LogP contribution >= 0.6 is 0 Å². The molecule has 260 valence electrons. The zero-order valence-electron chi connectivity index (χ0n) is 30.3. The average Bonchev–Trinajstić information content (AvgIpc) is 3.97. The Morgan fingerprint density at radius 1 is 0.382 bits per heavy atom. The predicted molar refractivity (Wildman–Crippen MR) is 229 cm³/mol. The van der Waals surface area contributed by atoms with Gasteiger partial charge in [0.05, 0.1) is 33.1 Å². The zero-order valence-corrected chi connectivity index (χ0v) is 30.3. The van der Waals surface area contributed by atoms with Crippen LogP contribution in [0.3, 0.4) is 0 Å². The van der Waals surface area contributed by atoms with Crippen LogP contribution in [-0.2, 0) is 6.42 Å². The molecule has 12 rings (SSSR count). The summed E-state index contributed by atoms with van der Waals surface area (Å²) in [6.07, 6.45) is 1.04. The highest BCUT2D eigenvalue weighted by Crippen LogP contribution is 2.40. The van der Waals surface area contributed by atoms with E-state index in [0.717, 1.165) is 33.9 Å². The van der Waals surface area contributed by atoms with E-state index < -0.39 is 0 Å². The quantitative estimate of drug-likeness (QED) is 0.176. The SMILES string of the molecule is CC(=O)n1c2ccccc2c2cc(-n3c4ccccc4c4ccccc43)ccc21.c1ccc2c(c1)Cc1ccc(-n3c4ccccc4c4ccccc43)cc1-2. The van der Waals surface area contributed by atoms with E-state index in [-0.39, 0.29) is 5.91 Å². The summed E-state index contributed by atoms with van der Waals surface area (Å²) >= 11 is 0. The molecule has 0 radical (unpaired) electrons. The van der Waals surface area contributed by atoms with E-state index in [2.05, 4.69) is 173 Å². The minimum atomic E-state index is 0.0285. The smallest absolute Gasteiger partial charge is 0.228 e. The van der Waals surface area contributed by atoms with Gasteiger partial charge in [-0.3, -0.25) is 9.36 Å². The highest BCUT2D eigenvalue weighted by molar-refractivity contribution is 6.15. The molecule has 0 amide bonds. The molecule has 0 aliphatic heterocycles. The van der Waals surface area contributed by atoms with E-state index in [0.29, 0.717) is 0 Å². The van der Waals surface area contributed by atoms with Crippen LogP contribution in [0.2, 0.25) is 0 Å². The second-order valence-corrected chi connectivity index (χ2v) is 14.5. The molecule has 3 heterocycles. The Morgan fingerprint density at radius 3 is 1.33 bits per heavy atom. The topological polar surface area (TPSA) is 31.9 Å². The first kappa shape index (κ1) is 31.4. The van der Waals surface area contributed by atoms with E-state index >= 15 is 0 Å². The number of carbonyl (C=O) groups is 1. The third kappa shape index (κ3) is 4.75. The molecular weight excluding hydrogens is 671 g/mol. The van der Waals surface area contributed by atoms with Gasteiger partial charge in [-0.2, -0.15) is 0 Å². The highest BCUT2D eigenvalue weighted by Gasteiger charge is 2.20. The monoisotopic (exact) mass is 705 g/mol. The van der Waals surface area contributed by atoms with Gasteiger partial charge in [-0.25, -0.2) is 0 Å². The van der Waals surface area contributed by atoms with E-state index in [1.807, 2.05) is 18.2 Å². The Bertz CT molecular complexity index is 3230. The lowest BCUT2D eigenvalue weighted by Gasteiger charge is -2.10. The van der Waals surface area contributed by atoms with E-state index in [1.165, 1.54) is 71.6 Å². The molecule has 0 unspecified atom stereocenters. The van der Waals surface area contributed by atoms with Gasteiger partial charge in [0.2, 0.25) is 5.91 Å². The number of para-hydroxylation sites is 5. The van der Waals surface area contributed by atoms with Crippen LogP contribution < -0.4 is 0 Å². The first-order valence-corrected chi connectivity index (χ1v) is 18.9. The maximum Gasteiger partial charge on any atom is 0.228 e. The first-order valence-electron chi connectivity index (χ1n) is 18.9. The minimum absolute atomic E-state index is 0.0285. The van der Waals surface area contributed by atoms with Crippen molar-refractivity contribution in [1.29, 1.82) is 0 Å². The summed E-state index contributed by atoms with van der Waals surface area (Å²) in [5.41, 5.74) is 14.7. The second kappa shape index (κ2) is 12.2. The van der Waals surface area contributed by atoms with Crippen molar-refractivity contribution in [2.45, 2.75) is 13.3 Å². The lowest BCUT2D eigenvalue weighted by Crippen LogP contribution is -2.04. The van der Waals surface area contributed by atoms with Crippen molar-refractivity contribution in [2.24, 2.45) is 0 Å². The third-order valence-corrected chi connectivity index (χ3v) is 11.4. The largest absolute Gasteiger partial charge is 0.309 e. The third-order valence-electron chi connectivity index (χ3n) is 11.4. The van der Waals surface area contributed by atoms with Crippen molar-refractivity contribution in [1.82, 2.24) is 13.7 Å². The lowest BCUT2D eigenvalue weighted by molar-refractivity contribution is 0.0946.